The van der Waals surface area contributed by atoms with E-state index in [9.17, 15) is 9.59 Å². The number of benzene rings is 2. The van der Waals surface area contributed by atoms with Gasteiger partial charge in [0.15, 0.2) is 0 Å². The van der Waals surface area contributed by atoms with Crippen molar-refractivity contribution in [3.8, 4) is 0 Å². The van der Waals surface area contributed by atoms with Crippen LogP contribution in [0.4, 0.5) is 0 Å². The summed E-state index contributed by atoms with van der Waals surface area (Å²) in [6.45, 7) is 0.387. The van der Waals surface area contributed by atoms with Crippen LogP contribution in [0.2, 0.25) is 0 Å². The van der Waals surface area contributed by atoms with Crippen molar-refractivity contribution in [3.63, 3.8) is 0 Å². The standard InChI is InChI=1S/C22H22N2O2/c25-21(23-18-11-5-6-12-18)20-14-17-10-4-7-13-19(17)22(26)24(20)15-16-8-2-1-3-9-16/h1-4,7-10,13-14,18H,5-6,11-12,15H2,(H,23,25). The van der Waals surface area contributed by atoms with E-state index in [1.807, 2.05) is 60.7 Å². The average Bonchev–Trinajstić information content (AvgIpc) is 3.18. The first-order valence-electron chi connectivity index (χ1n) is 9.20. The topological polar surface area (TPSA) is 51.1 Å². The molecule has 0 bridgehead atoms. The molecule has 1 aliphatic rings. The molecular weight excluding hydrogens is 324 g/mol. The number of carbonyl (C=O) groups is 1. The lowest BCUT2D eigenvalue weighted by Crippen LogP contribution is -2.37. The number of nitrogens with one attached hydrogen (secondary N) is 1. The second-order valence-corrected chi connectivity index (χ2v) is 6.95. The maximum atomic E-state index is 13.1. The van der Waals surface area contributed by atoms with Crippen LogP contribution in [-0.2, 0) is 6.54 Å². The third-order valence-corrected chi connectivity index (χ3v) is 5.13. The second kappa shape index (κ2) is 7.16. The molecule has 2 aromatic carbocycles. The van der Waals surface area contributed by atoms with Crippen LogP contribution in [0.15, 0.2) is 65.5 Å². The Hall–Kier alpha value is -2.88. The third-order valence-electron chi connectivity index (χ3n) is 5.13. The first-order valence-corrected chi connectivity index (χ1v) is 9.20. The van der Waals surface area contributed by atoms with Crippen molar-refractivity contribution < 1.29 is 4.79 Å². The van der Waals surface area contributed by atoms with E-state index in [0.29, 0.717) is 17.6 Å². The van der Waals surface area contributed by atoms with E-state index in [0.717, 1.165) is 36.6 Å². The zero-order chi connectivity index (χ0) is 17.9. The van der Waals surface area contributed by atoms with Crippen LogP contribution in [0, 0.1) is 0 Å². The summed E-state index contributed by atoms with van der Waals surface area (Å²) >= 11 is 0. The molecule has 0 aliphatic heterocycles. The number of carbonyl (C=O) groups excluding carboxylic acids is 1. The summed E-state index contributed by atoms with van der Waals surface area (Å²) in [7, 11) is 0. The molecule has 0 radical (unpaired) electrons. The normalized spacial score (nSPS) is 14.6. The van der Waals surface area contributed by atoms with Crippen LogP contribution in [0.1, 0.15) is 41.7 Å². The molecule has 1 heterocycles. The van der Waals surface area contributed by atoms with Crippen LogP contribution < -0.4 is 10.9 Å². The van der Waals surface area contributed by atoms with Crippen molar-refractivity contribution in [1.29, 1.82) is 0 Å². The minimum Gasteiger partial charge on any atom is -0.348 e. The maximum absolute atomic E-state index is 13.1. The van der Waals surface area contributed by atoms with E-state index in [4.69, 9.17) is 0 Å². The Morgan fingerprint density at radius 1 is 1.00 bits per heavy atom. The SMILES string of the molecule is O=C(NC1CCCC1)c1cc2ccccc2c(=O)n1Cc1ccccc1. The number of hydrogen-bond donors (Lipinski definition) is 1. The van der Waals surface area contributed by atoms with Gasteiger partial charge in [-0.3, -0.25) is 14.2 Å². The number of amides is 1. The first kappa shape index (κ1) is 16.6. The van der Waals surface area contributed by atoms with Gasteiger partial charge in [0.2, 0.25) is 0 Å². The molecule has 1 fully saturated rings. The fourth-order valence-corrected chi connectivity index (χ4v) is 3.74. The lowest BCUT2D eigenvalue weighted by atomic mass is 10.1. The summed E-state index contributed by atoms with van der Waals surface area (Å²) in [5.74, 6) is -0.157. The predicted molar refractivity (Wildman–Crippen MR) is 103 cm³/mol. The summed E-state index contributed by atoms with van der Waals surface area (Å²) in [6, 6.07) is 19.3. The minimum atomic E-state index is -0.157. The predicted octanol–water partition coefficient (Wildman–Crippen LogP) is 3.72. The molecule has 132 valence electrons. The molecule has 1 aliphatic carbocycles. The van der Waals surface area contributed by atoms with E-state index in [-0.39, 0.29) is 17.5 Å². The Labute approximate surface area is 152 Å². The molecule has 0 atom stereocenters. The van der Waals surface area contributed by atoms with E-state index >= 15 is 0 Å². The smallest absolute Gasteiger partial charge is 0.268 e. The van der Waals surface area contributed by atoms with Crippen molar-refractivity contribution in [2.75, 3.05) is 0 Å². The fourth-order valence-electron chi connectivity index (χ4n) is 3.74. The number of hydrogen-bond acceptors (Lipinski definition) is 2. The lowest BCUT2D eigenvalue weighted by molar-refractivity contribution is 0.0928. The molecule has 26 heavy (non-hydrogen) atoms. The van der Waals surface area contributed by atoms with Crippen LogP contribution in [0.25, 0.3) is 10.8 Å². The molecule has 3 aromatic rings. The first-order chi connectivity index (χ1) is 12.7. The van der Waals surface area contributed by atoms with Gasteiger partial charge in [0.25, 0.3) is 11.5 Å². The van der Waals surface area contributed by atoms with Gasteiger partial charge in [-0.05, 0) is 35.9 Å². The average molecular weight is 346 g/mol. The van der Waals surface area contributed by atoms with Crippen LogP contribution in [0.3, 0.4) is 0 Å². The summed E-state index contributed by atoms with van der Waals surface area (Å²) < 4.78 is 1.60. The van der Waals surface area contributed by atoms with Gasteiger partial charge in [-0.1, -0.05) is 61.4 Å². The molecule has 0 unspecified atom stereocenters. The molecule has 1 aromatic heterocycles. The van der Waals surface area contributed by atoms with Gasteiger partial charge in [0.05, 0.1) is 6.54 Å². The van der Waals surface area contributed by atoms with Crippen molar-refractivity contribution >= 4 is 16.7 Å². The Morgan fingerprint density at radius 2 is 1.69 bits per heavy atom. The van der Waals surface area contributed by atoms with Crippen LogP contribution >= 0.6 is 0 Å². The molecule has 4 nitrogen and oxygen atoms in total. The monoisotopic (exact) mass is 346 g/mol. The van der Waals surface area contributed by atoms with E-state index in [2.05, 4.69) is 5.32 Å². The van der Waals surface area contributed by atoms with Crippen LogP contribution in [0.5, 0.6) is 0 Å². The molecule has 4 heteroatoms. The highest BCUT2D eigenvalue weighted by atomic mass is 16.2. The molecule has 4 rings (SSSR count). The summed E-state index contributed by atoms with van der Waals surface area (Å²) in [5.41, 5.74) is 1.31. The summed E-state index contributed by atoms with van der Waals surface area (Å²) in [5, 5.41) is 4.56. The highest BCUT2D eigenvalue weighted by Gasteiger charge is 2.21. The van der Waals surface area contributed by atoms with Crippen molar-refractivity contribution in [3.05, 3.63) is 82.3 Å². The Balaban J connectivity index is 1.79. The van der Waals surface area contributed by atoms with Gasteiger partial charge >= 0.3 is 0 Å². The quantitative estimate of drug-likeness (QED) is 0.783. The number of aromatic nitrogens is 1. The maximum Gasteiger partial charge on any atom is 0.268 e. The highest BCUT2D eigenvalue weighted by molar-refractivity contribution is 5.96. The van der Waals surface area contributed by atoms with Gasteiger partial charge in [-0.25, -0.2) is 0 Å². The Kier molecular flexibility index (Phi) is 4.57. The fraction of sp³-hybridized carbons (Fsp3) is 0.273. The van der Waals surface area contributed by atoms with Gasteiger partial charge in [-0.2, -0.15) is 0 Å². The minimum absolute atomic E-state index is 0.122. The molecule has 0 spiro atoms. The molecule has 0 saturated heterocycles. The molecular formula is C22H22N2O2. The molecule has 1 amide bonds. The number of fused-ring (bicyclic) bond motifs is 1. The van der Waals surface area contributed by atoms with E-state index in [1.165, 1.54) is 0 Å². The Morgan fingerprint density at radius 3 is 2.46 bits per heavy atom. The van der Waals surface area contributed by atoms with Crippen molar-refractivity contribution in [1.82, 2.24) is 9.88 Å². The number of nitrogens with zero attached hydrogens (tertiary/aromatic N) is 1. The van der Waals surface area contributed by atoms with Crippen molar-refractivity contribution in [2.45, 2.75) is 38.3 Å². The zero-order valence-corrected chi connectivity index (χ0v) is 14.7. The molecule has 1 saturated carbocycles. The summed E-state index contributed by atoms with van der Waals surface area (Å²) in [4.78, 5) is 26.0. The van der Waals surface area contributed by atoms with E-state index in [1.54, 1.807) is 4.57 Å². The van der Waals surface area contributed by atoms with Crippen LogP contribution in [-0.4, -0.2) is 16.5 Å². The molecule has 1 N–H and O–H groups in total. The largest absolute Gasteiger partial charge is 0.348 e. The Bertz CT molecular complexity index is 986. The highest BCUT2D eigenvalue weighted by Crippen LogP contribution is 2.19. The van der Waals surface area contributed by atoms with Gasteiger partial charge in [0, 0.05) is 11.4 Å². The van der Waals surface area contributed by atoms with Gasteiger partial charge in [0.1, 0.15) is 5.69 Å². The number of pyridine rings is 1. The van der Waals surface area contributed by atoms with Gasteiger partial charge < -0.3 is 5.32 Å². The lowest BCUT2D eigenvalue weighted by Gasteiger charge is -2.17. The summed E-state index contributed by atoms with van der Waals surface area (Å²) in [6.07, 6.45) is 4.34. The zero-order valence-electron chi connectivity index (χ0n) is 14.7. The number of rotatable bonds is 4. The van der Waals surface area contributed by atoms with E-state index < -0.39 is 0 Å². The van der Waals surface area contributed by atoms with Crippen molar-refractivity contribution in [2.24, 2.45) is 0 Å². The van der Waals surface area contributed by atoms with Gasteiger partial charge in [-0.15, -0.1) is 0 Å². The third kappa shape index (κ3) is 3.27. The second-order valence-electron chi connectivity index (χ2n) is 6.95.